The standard InChI is InChI=1S/C31H43N5O6/c1-19(2)14-23(17-32-21(4)15-27(37)38)36-28(39)31(5,6)35(30(36)41)18-22-12-13-25(26(16-22)42-7)34-29(40)33-24-11-9-8-10-20(24)3/h8-13,16,19,21,23,32H,14-15,17-18H2,1-7H3,(H,37,38)(H2,33,34,40)/t21-,23-/m1/s1. The molecule has 1 heterocycles. The average Bonchev–Trinajstić information content (AvgIpc) is 3.07. The van der Waals surface area contributed by atoms with Crippen LogP contribution in [0.1, 0.15) is 58.6 Å². The summed E-state index contributed by atoms with van der Waals surface area (Å²) >= 11 is 0. The van der Waals surface area contributed by atoms with Gasteiger partial charge in [0.2, 0.25) is 0 Å². The third-order valence-corrected chi connectivity index (χ3v) is 7.39. The fourth-order valence-electron chi connectivity index (χ4n) is 5.06. The number of methoxy groups -OCH3 is 1. The number of hydrogen-bond donors (Lipinski definition) is 4. The maximum Gasteiger partial charge on any atom is 0.328 e. The highest BCUT2D eigenvalue weighted by Gasteiger charge is 2.53. The smallest absolute Gasteiger partial charge is 0.328 e. The molecule has 2 aromatic carbocycles. The molecule has 3 rings (SSSR count). The minimum Gasteiger partial charge on any atom is -0.495 e. The van der Waals surface area contributed by atoms with E-state index in [9.17, 15) is 19.2 Å². The van der Waals surface area contributed by atoms with Crippen molar-refractivity contribution in [3.63, 3.8) is 0 Å². The summed E-state index contributed by atoms with van der Waals surface area (Å²) in [7, 11) is 1.49. The molecule has 0 unspecified atom stereocenters. The molecule has 1 saturated heterocycles. The molecule has 1 fully saturated rings. The first-order valence-electron chi connectivity index (χ1n) is 14.2. The third-order valence-electron chi connectivity index (χ3n) is 7.39. The number of carbonyl (C=O) groups is 4. The highest BCUT2D eigenvalue weighted by atomic mass is 16.5. The van der Waals surface area contributed by atoms with Gasteiger partial charge in [-0.15, -0.1) is 0 Å². The van der Waals surface area contributed by atoms with E-state index in [2.05, 4.69) is 16.0 Å². The van der Waals surface area contributed by atoms with Crippen molar-refractivity contribution in [2.24, 2.45) is 5.92 Å². The molecular weight excluding hydrogens is 538 g/mol. The molecule has 1 aliphatic rings. The summed E-state index contributed by atoms with van der Waals surface area (Å²) in [5, 5.41) is 17.9. The first-order valence-corrected chi connectivity index (χ1v) is 14.2. The predicted molar refractivity (Wildman–Crippen MR) is 162 cm³/mol. The van der Waals surface area contributed by atoms with Crippen LogP contribution >= 0.6 is 0 Å². The molecule has 4 N–H and O–H groups in total. The van der Waals surface area contributed by atoms with Gasteiger partial charge in [-0.05, 0) is 69.4 Å². The zero-order valence-electron chi connectivity index (χ0n) is 25.5. The van der Waals surface area contributed by atoms with E-state index in [1.165, 1.54) is 16.9 Å². The number of carbonyl (C=O) groups excluding carboxylic acids is 3. The SMILES string of the molecule is COc1cc(CN2C(=O)N([C@@H](CN[C@H](C)CC(=O)O)CC(C)C)C(=O)C2(C)C)ccc1NC(=O)Nc1ccccc1C. The Morgan fingerprint density at radius 2 is 1.69 bits per heavy atom. The molecule has 11 heteroatoms. The van der Waals surface area contributed by atoms with E-state index >= 15 is 0 Å². The fraction of sp³-hybridized carbons (Fsp3) is 0.484. The lowest BCUT2D eigenvalue weighted by Gasteiger charge is -2.29. The van der Waals surface area contributed by atoms with Gasteiger partial charge in [0.25, 0.3) is 5.91 Å². The molecule has 2 atom stereocenters. The number of aliphatic carboxylic acids is 1. The van der Waals surface area contributed by atoms with Gasteiger partial charge in [-0.25, -0.2) is 9.59 Å². The first-order chi connectivity index (χ1) is 19.7. The van der Waals surface area contributed by atoms with Crippen molar-refractivity contribution in [1.29, 1.82) is 0 Å². The van der Waals surface area contributed by atoms with Gasteiger partial charge < -0.3 is 30.7 Å². The lowest BCUT2D eigenvalue weighted by Crippen LogP contribution is -2.49. The van der Waals surface area contributed by atoms with Crippen LogP contribution in [-0.4, -0.2) is 70.1 Å². The van der Waals surface area contributed by atoms with Crippen LogP contribution in [0.2, 0.25) is 0 Å². The van der Waals surface area contributed by atoms with Crippen LogP contribution in [0.4, 0.5) is 21.0 Å². The summed E-state index contributed by atoms with van der Waals surface area (Å²) in [4.78, 5) is 54.0. The van der Waals surface area contributed by atoms with Crippen LogP contribution in [0.15, 0.2) is 42.5 Å². The minimum atomic E-state index is -1.10. The van der Waals surface area contributed by atoms with E-state index in [-0.39, 0.29) is 30.8 Å². The summed E-state index contributed by atoms with van der Waals surface area (Å²) < 4.78 is 5.54. The van der Waals surface area contributed by atoms with Gasteiger partial charge in [-0.3, -0.25) is 14.5 Å². The number of nitrogens with zero attached hydrogens (tertiary/aromatic N) is 2. The Bertz CT molecular complexity index is 1310. The monoisotopic (exact) mass is 581 g/mol. The summed E-state index contributed by atoms with van der Waals surface area (Å²) in [5.41, 5.74) is 1.70. The number of carboxylic acid groups (broad SMARTS) is 1. The molecule has 2 aromatic rings. The Morgan fingerprint density at radius 1 is 1.02 bits per heavy atom. The number of anilines is 2. The Morgan fingerprint density at radius 3 is 2.31 bits per heavy atom. The number of ether oxygens (including phenoxy) is 1. The number of urea groups is 2. The van der Waals surface area contributed by atoms with Crippen LogP contribution < -0.4 is 20.7 Å². The topological polar surface area (TPSA) is 140 Å². The second kappa shape index (κ2) is 13.7. The van der Waals surface area contributed by atoms with E-state index in [0.29, 0.717) is 30.1 Å². The zero-order valence-corrected chi connectivity index (χ0v) is 25.5. The molecule has 228 valence electrons. The van der Waals surface area contributed by atoms with Crippen molar-refractivity contribution in [2.45, 2.75) is 78.6 Å². The van der Waals surface area contributed by atoms with Gasteiger partial charge >= 0.3 is 18.0 Å². The molecule has 42 heavy (non-hydrogen) atoms. The number of amides is 5. The van der Waals surface area contributed by atoms with E-state index in [4.69, 9.17) is 9.84 Å². The number of carboxylic acids is 1. The zero-order chi connectivity index (χ0) is 31.2. The maximum atomic E-state index is 13.8. The number of hydrogen-bond acceptors (Lipinski definition) is 6. The molecule has 0 saturated carbocycles. The molecule has 0 aromatic heterocycles. The summed E-state index contributed by atoms with van der Waals surface area (Å²) in [5.74, 6) is -0.602. The van der Waals surface area contributed by atoms with Crippen molar-refractivity contribution >= 4 is 35.3 Å². The quantitative estimate of drug-likeness (QED) is 0.243. The third kappa shape index (κ3) is 7.79. The number of imide groups is 1. The molecule has 0 aliphatic carbocycles. The Kier molecular flexibility index (Phi) is 10.6. The summed E-state index contributed by atoms with van der Waals surface area (Å²) in [6.45, 7) is 11.6. The second-order valence-electron chi connectivity index (χ2n) is 11.7. The van der Waals surface area contributed by atoms with Gasteiger partial charge in [-0.1, -0.05) is 38.1 Å². The van der Waals surface area contributed by atoms with Gasteiger partial charge in [0.1, 0.15) is 11.3 Å². The summed E-state index contributed by atoms with van der Waals surface area (Å²) in [6, 6.07) is 11.1. The maximum absolute atomic E-state index is 13.8. The first kappa shape index (κ1) is 32.4. The molecule has 0 spiro atoms. The van der Waals surface area contributed by atoms with E-state index < -0.39 is 29.6 Å². The number of para-hydroxylation sites is 1. The van der Waals surface area contributed by atoms with Crippen LogP contribution in [-0.2, 0) is 16.1 Å². The predicted octanol–water partition coefficient (Wildman–Crippen LogP) is 5.06. The van der Waals surface area contributed by atoms with Crippen molar-refractivity contribution in [2.75, 3.05) is 24.3 Å². The van der Waals surface area contributed by atoms with Gasteiger partial charge in [0, 0.05) is 24.8 Å². The number of aryl methyl sites for hydroxylation is 1. The minimum absolute atomic E-state index is 0.0614. The van der Waals surface area contributed by atoms with E-state index in [0.717, 1.165) is 11.1 Å². The Labute approximate surface area is 247 Å². The van der Waals surface area contributed by atoms with Crippen molar-refractivity contribution in [1.82, 2.24) is 15.1 Å². The van der Waals surface area contributed by atoms with Gasteiger partial charge in [-0.2, -0.15) is 0 Å². The lowest BCUT2D eigenvalue weighted by atomic mass is 9.99. The van der Waals surface area contributed by atoms with Crippen LogP contribution in [0.3, 0.4) is 0 Å². The van der Waals surface area contributed by atoms with Gasteiger partial charge in [0.05, 0.1) is 25.3 Å². The Hall–Kier alpha value is -4.12. The van der Waals surface area contributed by atoms with Crippen molar-refractivity contribution in [3.8, 4) is 5.75 Å². The van der Waals surface area contributed by atoms with Crippen LogP contribution in [0.5, 0.6) is 5.75 Å². The number of nitrogens with one attached hydrogen (secondary N) is 3. The highest BCUT2D eigenvalue weighted by Crippen LogP contribution is 2.34. The normalized spacial score (nSPS) is 16.0. The summed E-state index contributed by atoms with van der Waals surface area (Å²) in [6.07, 6.45) is 0.515. The van der Waals surface area contributed by atoms with Crippen molar-refractivity contribution in [3.05, 3.63) is 53.6 Å². The molecule has 0 bridgehead atoms. The van der Waals surface area contributed by atoms with E-state index in [1.54, 1.807) is 39.0 Å². The molecule has 1 aliphatic heterocycles. The molecule has 0 radical (unpaired) electrons. The van der Waals surface area contributed by atoms with Crippen LogP contribution in [0.25, 0.3) is 0 Å². The average molecular weight is 582 g/mol. The molecule has 5 amide bonds. The largest absolute Gasteiger partial charge is 0.495 e. The van der Waals surface area contributed by atoms with E-state index in [1.807, 2.05) is 45.0 Å². The second-order valence-corrected chi connectivity index (χ2v) is 11.7. The van der Waals surface area contributed by atoms with Gasteiger partial charge in [0.15, 0.2) is 0 Å². The molecular formula is C31H43N5O6. The highest BCUT2D eigenvalue weighted by molar-refractivity contribution is 6.07. The van der Waals surface area contributed by atoms with Crippen LogP contribution in [0, 0.1) is 12.8 Å². The fourth-order valence-corrected chi connectivity index (χ4v) is 5.06. The number of rotatable bonds is 13. The Balaban J connectivity index is 1.77. The lowest BCUT2D eigenvalue weighted by molar-refractivity contribution is -0.137. The number of benzene rings is 2. The molecule has 11 nitrogen and oxygen atoms in total. The van der Waals surface area contributed by atoms with Crippen molar-refractivity contribution < 1.29 is 29.0 Å².